The van der Waals surface area contributed by atoms with Gasteiger partial charge >= 0.3 is 0 Å². The highest BCUT2D eigenvalue weighted by atomic mass is 14.1. The van der Waals surface area contributed by atoms with Gasteiger partial charge in [-0.1, -0.05) is 80.6 Å². The Balaban J connectivity index is 1.93. The van der Waals surface area contributed by atoms with Crippen molar-refractivity contribution in [3.8, 4) is 0 Å². The predicted molar refractivity (Wildman–Crippen MR) is 87.3 cm³/mol. The Kier molecular flexibility index (Phi) is 3.56. The molecule has 3 aromatic rings. The Morgan fingerprint density at radius 3 is 2.20 bits per heavy atom. The van der Waals surface area contributed by atoms with Crippen LogP contribution in [0.2, 0.25) is 0 Å². The van der Waals surface area contributed by atoms with Crippen molar-refractivity contribution in [1.29, 1.82) is 0 Å². The van der Waals surface area contributed by atoms with Gasteiger partial charge in [0.2, 0.25) is 0 Å². The van der Waals surface area contributed by atoms with Gasteiger partial charge in [-0.15, -0.1) is 0 Å². The second-order valence-electron chi connectivity index (χ2n) is 5.71. The van der Waals surface area contributed by atoms with Gasteiger partial charge in [0.15, 0.2) is 0 Å². The van der Waals surface area contributed by atoms with E-state index in [0.29, 0.717) is 5.92 Å². The van der Waals surface area contributed by atoms with Crippen LogP contribution in [0.5, 0.6) is 0 Å². The van der Waals surface area contributed by atoms with Crippen LogP contribution in [0, 0.1) is 0 Å². The number of hydrogen-bond acceptors (Lipinski definition) is 0. The average molecular weight is 260 g/mol. The molecule has 0 heterocycles. The first-order chi connectivity index (χ1) is 9.74. The van der Waals surface area contributed by atoms with Gasteiger partial charge < -0.3 is 0 Å². The second kappa shape index (κ2) is 5.50. The molecule has 0 atom stereocenters. The summed E-state index contributed by atoms with van der Waals surface area (Å²) in [5.41, 5.74) is 4.19. The summed E-state index contributed by atoms with van der Waals surface area (Å²) in [7, 11) is 0. The van der Waals surface area contributed by atoms with Crippen molar-refractivity contribution in [2.24, 2.45) is 0 Å². The summed E-state index contributed by atoms with van der Waals surface area (Å²) >= 11 is 0. The molecule has 0 saturated heterocycles. The van der Waals surface area contributed by atoms with Crippen LogP contribution in [0.25, 0.3) is 10.8 Å². The van der Waals surface area contributed by atoms with Gasteiger partial charge in [0, 0.05) is 0 Å². The summed E-state index contributed by atoms with van der Waals surface area (Å²) in [5.74, 6) is 0.599. The monoisotopic (exact) mass is 260 g/mol. The van der Waals surface area contributed by atoms with E-state index in [9.17, 15) is 0 Å². The van der Waals surface area contributed by atoms with E-state index in [0.717, 1.165) is 6.42 Å². The quantitative estimate of drug-likeness (QED) is 0.579. The topological polar surface area (TPSA) is 0 Å². The van der Waals surface area contributed by atoms with Gasteiger partial charge in [-0.05, 0) is 39.8 Å². The molecule has 0 spiro atoms. The van der Waals surface area contributed by atoms with Gasteiger partial charge in [-0.2, -0.15) is 0 Å². The minimum atomic E-state index is 0.599. The molecule has 0 nitrogen and oxygen atoms in total. The third kappa shape index (κ3) is 2.60. The Bertz CT molecular complexity index is 700. The van der Waals surface area contributed by atoms with Crippen molar-refractivity contribution < 1.29 is 0 Å². The fourth-order valence-electron chi connectivity index (χ4n) is 2.69. The number of hydrogen-bond donors (Lipinski definition) is 0. The largest absolute Gasteiger partial charge is 0.0616 e. The highest BCUT2D eigenvalue weighted by Crippen LogP contribution is 2.22. The molecular weight excluding hydrogens is 240 g/mol. The van der Waals surface area contributed by atoms with Crippen molar-refractivity contribution in [2.75, 3.05) is 0 Å². The van der Waals surface area contributed by atoms with E-state index in [2.05, 4.69) is 80.6 Å². The molecule has 0 unspecified atom stereocenters. The van der Waals surface area contributed by atoms with Crippen molar-refractivity contribution in [1.82, 2.24) is 0 Å². The van der Waals surface area contributed by atoms with Crippen LogP contribution in [-0.2, 0) is 6.42 Å². The van der Waals surface area contributed by atoms with Crippen LogP contribution < -0.4 is 0 Å². The zero-order valence-corrected chi connectivity index (χ0v) is 12.1. The fourth-order valence-corrected chi connectivity index (χ4v) is 2.69. The molecule has 20 heavy (non-hydrogen) atoms. The van der Waals surface area contributed by atoms with Crippen molar-refractivity contribution in [2.45, 2.75) is 26.2 Å². The molecule has 3 rings (SSSR count). The molecule has 0 saturated carbocycles. The smallest absolute Gasteiger partial charge is 0.00196 e. The first-order valence-electron chi connectivity index (χ1n) is 7.29. The molecule has 3 aromatic carbocycles. The van der Waals surface area contributed by atoms with Gasteiger partial charge in [-0.3, -0.25) is 0 Å². The molecule has 0 heteroatoms. The Morgan fingerprint density at radius 2 is 1.45 bits per heavy atom. The van der Waals surface area contributed by atoms with Crippen LogP contribution in [0.1, 0.15) is 36.5 Å². The van der Waals surface area contributed by atoms with E-state index in [-0.39, 0.29) is 0 Å². The van der Waals surface area contributed by atoms with Crippen molar-refractivity contribution >= 4 is 10.8 Å². The first kappa shape index (κ1) is 12.9. The molecule has 0 N–H and O–H groups in total. The molecule has 0 aromatic heterocycles. The zero-order valence-electron chi connectivity index (χ0n) is 12.1. The summed E-state index contributed by atoms with van der Waals surface area (Å²) in [6.07, 6.45) is 1.000. The van der Waals surface area contributed by atoms with Gasteiger partial charge in [-0.25, -0.2) is 0 Å². The predicted octanol–water partition coefficient (Wildman–Crippen LogP) is 5.55. The number of rotatable bonds is 3. The highest BCUT2D eigenvalue weighted by molar-refractivity contribution is 5.85. The van der Waals surface area contributed by atoms with Crippen LogP contribution in [0.3, 0.4) is 0 Å². The summed E-state index contributed by atoms with van der Waals surface area (Å²) < 4.78 is 0. The lowest BCUT2D eigenvalue weighted by molar-refractivity contribution is 0.865. The summed E-state index contributed by atoms with van der Waals surface area (Å²) in [6, 6.07) is 24.2. The SMILES string of the molecule is CC(C)c1ccc(Cc2cccc3ccccc23)cc1. The Morgan fingerprint density at radius 1 is 0.750 bits per heavy atom. The molecule has 0 radical (unpaired) electrons. The highest BCUT2D eigenvalue weighted by Gasteiger charge is 2.03. The van der Waals surface area contributed by atoms with Crippen LogP contribution in [0.15, 0.2) is 66.7 Å². The van der Waals surface area contributed by atoms with Crippen LogP contribution in [-0.4, -0.2) is 0 Å². The number of fused-ring (bicyclic) bond motifs is 1. The van der Waals surface area contributed by atoms with Crippen LogP contribution >= 0.6 is 0 Å². The summed E-state index contributed by atoms with van der Waals surface area (Å²) in [5, 5.41) is 2.69. The van der Waals surface area contributed by atoms with E-state index in [1.54, 1.807) is 0 Å². The van der Waals surface area contributed by atoms with Crippen molar-refractivity contribution in [3.05, 3.63) is 83.4 Å². The van der Waals surface area contributed by atoms with E-state index < -0.39 is 0 Å². The maximum absolute atomic E-state index is 2.26. The molecule has 0 amide bonds. The number of benzene rings is 3. The fraction of sp³-hybridized carbons (Fsp3) is 0.200. The minimum Gasteiger partial charge on any atom is -0.0616 e. The second-order valence-corrected chi connectivity index (χ2v) is 5.71. The van der Waals surface area contributed by atoms with E-state index in [4.69, 9.17) is 0 Å². The molecule has 0 aliphatic carbocycles. The molecule has 0 aliphatic heterocycles. The van der Waals surface area contributed by atoms with Crippen molar-refractivity contribution in [3.63, 3.8) is 0 Å². The summed E-state index contributed by atoms with van der Waals surface area (Å²) in [6.45, 7) is 4.47. The third-order valence-electron chi connectivity index (χ3n) is 3.92. The van der Waals surface area contributed by atoms with Gasteiger partial charge in [0.1, 0.15) is 0 Å². The lowest BCUT2D eigenvalue weighted by Crippen LogP contribution is -1.92. The molecule has 0 fully saturated rings. The first-order valence-corrected chi connectivity index (χ1v) is 7.29. The third-order valence-corrected chi connectivity index (χ3v) is 3.92. The average Bonchev–Trinajstić information content (AvgIpc) is 2.48. The maximum atomic E-state index is 2.26. The molecule has 0 aliphatic rings. The standard InChI is InChI=1S/C20H20/c1-15(2)17-12-10-16(11-13-17)14-19-8-5-7-18-6-3-4-9-20(18)19/h3-13,15H,14H2,1-2H3. The normalized spacial score (nSPS) is 11.2. The Hall–Kier alpha value is -2.08. The lowest BCUT2D eigenvalue weighted by atomic mass is 9.96. The van der Waals surface area contributed by atoms with Gasteiger partial charge in [0.25, 0.3) is 0 Å². The van der Waals surface area contributed by atoms with Gasteiger partial charge in [0.05, 0.1) is 0 Å². The minimum absolute atomic E-state index is 0.599. The zero-order chi connectivity index (χ0) is 13.9. The van der Waals surface area contributed by atoms with E-state index in [1.807, 2.05) is 0 Å². The lowest BCUT2D eigenvalue weighted by Gasteiger charge is -2.09. The molecule has 0 bridgehead atoms. The maximum Gasteiger partial charge on any atom is -0.00196 e. The van der Waals surface area contributed by atoms with Crippen LogP contribution in [0.4, 0.5) is 0 Å². The molecule has 100 valence electrons. The van der Waals surface area contributed by atoms with E-state index >= 15 is 0 Å². The Labute approximate surface area is 121 Å². The molecular formula is C20H20. The van der Waals surface area contributed by atoms with E-state index in [1.165, 1.54) is 27.5 Å². The summed E-state index contributed by atoms with van der Waals surface area (Å²) in [4.78, 5) is 0.